The third-order valence-corrected chi connectivity index (χ3v) is 2.39. The van der Waals surface area contributed by atoms with E-state index >= 15 is 0 Å². The highest BCUT2D eigenvalue weighted by atomic mass is 16.3. The SMILES string of the molecule is CCc1ccc(C(N)c2ccn(C)n2)o1. The Kier molecular flexibility index (Phi) is 2.60. The largest absolute Gasteiger partial charge is 0.464 e. The Labute approximate surface area is 88.7 Å². The lowest BCUT2D eigenvalue weighted by molar-refractivity contribution is 0.450. The van der Waals surface area contributed by atoms with Gasteiger partial charge in [0.2, 0.25) is 0 Å². The number of aryl methyl sites for hydroxylation is 2. The van der Waals surface area contributed by atoms with Gasteiger partial charge in [-0.2, -0.15) is 5.10 Å². The summed E-state index contributed by atoms with van der Waals surface area (Å²) in [6.07, 6.45) is 2.76. The van der Waals surface area contributed by atoms with Crippen LogP contribution in [0.4, 0.5) is 0 Å². The van der Waals surface area contributed by atoms with Crippen molar-refractivity contribution in [2.45, 2.75) is 19.4 Å². The van der Waals surface area contributed by atoms with Crippen molar-refractivity contribution in [2.24, 2.45) is 12.8 Å². The lowest BCUT2D eigenvalue weighted by Gasteiger charge is -2.04. The zero-order valence-electron chi connectivity index (χ0n) is 8.97. The van der Waals surface area contributed by atoms with Gasteiger partial charge in [-0.25, -0.2) is 0 Å². The minimum absolute atomic E-state index is 0.272. The third-order valence-electron chi connectivity index (χ3n) is 2.39. The van der Waals surface area contributed by atoms with Crippen molar-refractivity contribution in [1.82, 2.24) is 9.78 Å². The molecule has 0 aromatic carbocycles. The van der Waals surface area contributed by atoms with Crippen LogP contribution in [0.1, 0.15) is 30.2 Å². The number of furan rings is 1. The minimum Gasteiger partial charge on any atom is -0.464 e. The van der Waals surface area contributed by atoms with Crippen molar-refractivity contribution in [2.75, 3.05) is 0 Å². The Morgan fingerprint density at radius 3 is 2.80 bits per heavy atom. The van der Waals surface area contributed by atoms with E-state index in [0.717, 1.165) is 23.6 Å². The summed E-state index contributed by atoms with van der Waals surface area (Å²) in [5.74, 6) is 1.72. The number of rotatable bonds is 3. The number of hydrogen-bond acceptors (Lipinski definition) is 3. The van der Waals surface area contributed by atoms with Crippen LogP contribution in [-0.2, 0) is 13.5 Å². The van der Waals surface area contributed by atoms with E-state index in [1.165, 1.54) is 0 Å². The standard InChI is InChI=1S/C11H15N3O/c1-3-8-4-5-10(15-8)11(12)9-6-7-14(2)13-9/h4-7,11H,3,12H2,1-2H3. The molecule has 2 aromatic rings. The first kappa shape index (κ1) is 9.98. The monoisotopic (exact) mass is 205 g/mol. The molecule has 4 heteroatoms. The number of aromatic nitrogens is 2. The zero-order chi connectivity index (χ0) is 10.8. The fourth-order valence-electron chi connectivity index (χ4n) is 1.50. The molecule has 0 saturated heterocycles. The van der Waals surface area contributed by atoms with Crippen LogP contribution in [0.5, 0.6) is 0 Å². The summed E-state index contributed by atoms with van der Waals surface area (Å²) < 4.78 is 7.32. The van der Waals surface area contributed by atoms with Gasteiger partial charge in [0.1, 0.15) is 17.6 Å². The molecule has 0 aliphatic rings. The molecule has 15 heavy (non-hydrogen) atoms. The molecule has 0 spiro atoms. The Morgan fingerprint density at radius 1 is 1.47 bits per heavy atom. The molecule has 2 heterocycles. The summed E-state index contributed by atoms with van der Waals surface area (Å²) in [5.41, 5.74) is 6.86. The average molecular weight is 205 g/mol. The Balaban J connectivity index is 2.23. The van der Waals surface area contributed by atoms with Gasteiger partial charge in [-0.05, 0) is 18.2 Å². The second-order valence-corrected chi connectivity index (χ2v) is 3.55. The first-order chi connectivity index (χ1) is 7.20. The van der Waals surface area contributed by atoms with Gasteiger partial charge in [-0.3, -0.25) is 4.68 Å². The van der Waals surface area contributed by atoms with Crippen LogP contribution < -0.4 is 5.73 Å². The van der Waals surface area contributed by atoms with E-state index < -0.39 is 0 Å². The molecule has 1 atom stereocenters. The second kappa shape index (κ2) is 3.90. The highest BCUT2D eigenvalue weighted by Crippen LogP contribution is 2.20. The lowest BCUT2D eigenvalue weighted by atomic mass is 10.2. The molecule has 0 saturated carbocycles. The molecule has 4 nitrogen and oxygen atoms in total. The van der Waals surface area contributed by atoms with E-state index in [-0.39, 0.29) is 6.04 Å². The molecule has 2 aromatic heterocycles. The molecule has 0 amide bonds. The summed E-state index contributed by atoms with van der Waals surface area (Å²) in [5, 5.41) is 4.25. The van der Waals surface area contributed by atoms with Gasteiger partial charge in [0.15, 0.2) is 0 Å². The maximum Gasteiger partial charge on any atom is 0.127 e. The highest BCUT2D eigenvalue weighted by molar-refractivity contribution is 5.20. The molecule has 80 valence electrons. The van der Waals surface area contributed by atoms with Crippen LogP contribution in [0.3, 0.4) is 0 Å². The van der Waals surface area contributed by atoms with Crippen LogP contribution in [0.25, 0.3) is 0 Å². The number of nitrogens with two attached hydrogens (primary N) is 1. The van der Waals surface area contributed by atoms with Crippen LogP contribution >= 0.6 is 0 Å². The van der Waals surface area contributed by atoms with Crippen LogP contribution in [-0.4, -0.2) is 9.78 Å². The summed E-state index contributed by atoms with van der Waals surface area (Å²) in [6, 6.07) is 5.50. The van der Waals surface area contributed by atoms with Gasteiger partial charge in [-0.1, -0.05) is 6.92 Å². The summed E-state index contributed by atoms with van der Waals surface area (Å²) in [6.45, 7) is 2.05. The molecule has 2 N–H and O–H groups in total. The van der Waals surface area contributed by atoms with Gasteiger partial charge in [0, 0.05) is 19.7 Å². The van der Waals surface area contributed by atoms with E-state index in [1.807, 2.05) is 31.4 Å². The van der Waals surface area contributed by atoms with E-state index in [0.29, 0.717) is 0 Å². The van der Waals surface area contributed by atoms with Gasteiger partial charge in [-0.15, -0.1) is 0 Å². The van der Waals surface area contributed by atoms with E-state index in [9.17, 15) is 0 Å². The van der Waals surface area contributed by atoms with Crippen LogP contribution in [0.15, 0.2) is 28.8 Å². The molecule has 0 aliphatic carbocycles. The van der Waals surface area contributed by atoms with Crippen molar-refractivity contribution >= 4 is 0 Å². The van der Waals surface area contributed by atoms with Crippen molar-refractivity contribution in [3.05, 3.63) is 41.6 Å². The normalized spacial score (nSPS) is 13.0. The fraction of sp³-hybridized carbons (Fsp3) is 0.364. The van der Waals surface area contributed by atoms with Crippen molar-refractivity contribution < 1.29 is 4.42 Å². The molecular formula is C11H15N3O. The van der Waals surface area contributed by atoms with Crippen molar-refractivity contribution in [3.8, 4) is 0 Å². The van der Waals surface area contributed by atoms with Gasteiger partial charge in [0.05, 0.1) is 5.69 Å². The fourth-order valence-corrected chi connectivity index (χ4v) is 1.50. The smallest absolute Gasteiger partial charge is 0.127 e. The average Bonchev–Trinajstić information content (AvgIpc) is 2.84. The molecule has 0 fully saturated rings. The quantitative estimate of drug-likeness (QED) is 0.828. The van der Waals surface area contributed by atoms with E-state index in [4.69, 9.17) is 10.2 Å². The first-order valence-electron chi connectivity index (χ1n) is 5.04. The summed E-state index contributed by atoms with van der Waals surface area (Å²) in [7, 11) is 1.87. The molecule has 1 unspecified atom stereocenters. The third kappa shape index (κ3) is 1.94. The topological polar surface area (TPSA) is 57.0 Å². The predicted octanol–water partition coefficient (Wildman–Crippen LogP) is 1.62. The van der Waals surface area contributed by atoms with E-state index in [1.54, 1.807) is 4.68 Å². The maximum atomic E-state index is 6.03. The van der Waals surface area contributed by atoms with Crippen molar-refractivity contribution in [3.63, 3.8) is 0 Å². The minimum atomic E-state index is -0.272. The Morgan fingerprint density at radius 2 is 2.27 bits per heavy atom. The van der Waals surface area contributed by atoms with Gasteiger partial charge < -0.3 is 10.2 Å². The predicted molar refractivity (Wildman–Crippen MR) is 57.3 cm³/mol. The number of nitrogens with zero attached hydrogens (tertiary/aromatic N) is 2. The molecule has 0 radical (unpaired) electrons. The molecule has 0 bridgehead atoms. The van der Waals surface area contributed by atoms with Crippen molar-refractivity contribution in [1.29, 1.82) is 0 Å². The van der Waals surface area contributed by atoms with Gasteiger partial charge >= 0.3 is 0 Å². The maximum absolute atomic E-state index is 6.03. The molecule has 2 rings (SSSR count). The second-order valence-electron chi connectivity index (χ2n) is 3.55. The first-order valence-corrected chi connectivity index (χ1v) is 5.04. The zero-order valence-corrected chi connectivity index (χ0v) is 8.97. The van der Waals surface area contributed by atoms with Crippen LogP contribution in [0.2, 0.25) is 0 Å². The molecular weight excluding hydrogens is 190 g/mol. The summed E-state index contributed by atoms with van der Waals surface area (Å²) >= 11 is 0. The summed E-state index contributed by atoms with van der Waals surface area (Å²) in [4.78, 5) is 0. The van der Waals surface area contributed by atoms with E-state index in [2.05, 4.69) is 12.0 Å². The van der Waals surface area contributed by atoms with Gasteiger partial charge in [0.25, 0.3) is 0 Å². The van der Waals surface area contributed by atoms with Crippen LogP contribution in [0, 0.1) is 0 Å². The number of hydrogen-bond donors (Lipinski definition) is 1. The highest BCUT2D eigenvalue weighted by Gasteiger charge is 2.15. The Hall–Kier alpha value is -1.55. The Bertz CT molecular complexity index is 444. The lowest BCUT2D eigenvalue weighted by Crippen LogP contribution is -2.12. The molecule has 0 aliphatic heterocycles.